The van der Waals surface area contributed by atoms with Crippen LogP contribution in [0.5, 0.6) is 11.5 Å². The van der Waals surface area contributed by atoms with Gasteiger partial charge in [-0.25, -0.2) is 4.31 Å². The van der Waals surface area contributed by atoms with Crippen LogP contribution in [0.4, 0.5) is 0 Å². The van der Waals surface area contributed by atoms with Crippen LogP contribution in [0.25, 0.3) is 0 Å². The maximum atomic E-state index is 13.3. The number of nitrogens with zero attached hydrogens (tertiary/aromatic N) is 2. The van der Waals surface area contributed by atoms with Gasteiger partial charge in [0.25, 0.3) is 5.91 Å². The van der Waals surface area contributed by atoms with E-state index in [9.17, 15) is 4.79 Å². The van der Waals surface area contributed by atoms with Crippen LogP contribution in [0.2, 0.25) is 0 Å². The van der Waals surface area contributed by atoms with Gasteiger partial charge in [0.15, 0.2) is 0 Å². The van der Waals surface area contributed by atoms with E-state index in [1.54, 1.807) is 14.2 Å². The Morgan fingerprint density at radius 1 is 0.949 bits per heavy atom. The third-order valence-corrected chi connectivity index (χ3v) is 8.93. The van der Waals surface area contributed by atoms with Gasteiger partial charge in [0, 0.05) is 31.0 Å². The number of aryl methyl sites for hydroxylation is 2. The first-order valence-corrected chi connectivity index (χ1v) is 14.6. The molecule has 0 spiro atoms. The summed E-state index contributed by atoms with van der Waals surface area (Å²) >= 11 is 1.87. The first-order chi connectivity index (χ1) is 18.9. The summed E-state index contributed by atoms with van der Waals surface area (Å²) in [6, 6.07) is 23.1. The minimum Gasteiger partial charge on any atom is -0.497 e. The zero-order valence-electron chi connectivity index (χ0n) is 23.3. The molecule has 0 aliphatic carbocycles. The number of amides is 1. The van der Waals surface area contributed by atoms with Crippen LogP contribution in [0, 0.1) is 13.8 Å². The highest BCUT2D eigenvalue weighted by atomic mass is 32.2. The number of carbonyl (C=O) groups excluding carboxylic acids is 1. The average molecular weight is 547 g/mol. The van der Waals surface area contributed by atoms with E-state index in [-0.39, 0.29) is 18.1 Å². The van der Waals surface area contributed by atoms with Crippen LogP contribution >= 0.6 is 11.9 Å². The van der Waals surface area contributed by atoms with E-state index in [4.69, 9.17) is 14.2 Å². The molecule has 2 aliphatic rings. The highest BCUT2D eigenvalue weighted by molar-refractivity contribution is 7.96. The Kier molecular flexibility index (Phi) is 8.80. The van der Waals surface area contributed by atoms with Crippen molar-refractivity contribution >= 4 is 17.9 Å². The fourth-order valence-corrected chi connectivity index (χ4v) is 6.66. The molecule has 1 amide bonds. The average Bonchev–Trinajstić information content (AvgIpc) is 3.60. The van der Waals surface area contributed by atoms with E-state index in [2.05, 4.69) is 34.6 Å². The van der Waals surface area contributed by atoms with Crippen LogP contribution in [0.15, 0.2) is 66.7 Å². The normalized spacial score (nSPS) is 21.3. The summed E-state index contributed by atoms with van der Waals surface area (Å²) in [5.41, 5.74) is 5.34. The van der Waals surface area contributed by atoms with Crippen molar-refractivity contribution in [1.82, 2.24) is 9.21 Å². The van der Waals surface area contributed by atoms with Crippen LogP contribution < -0.4 is 9.47 Å². The third kappa shape index (κ3) is 6.43. The molecule has 0 N–H and O–H groups in total. The summed E-state index contributed by atoms with van der Waals surface area (Å²) in [4.78, 5) is 15.2. The summed E-state index contributed by atoms with van der Waals surface area (Å²) in [7, 11) is 3.41. The summed E-state index contributed by atoms with van der Waals surface area (Å²) in [6.45, 7) is 6.08. The maximum Gasteiger partial charge on any atom is 0.254 e. The zero-order chi connectivity index (χ0) is 27.4. The summed E-state index contributed by atoms with van der Waals surface area (Å²) < 4.78 is 20.1. The first-order valence-electron chi connectivity index (χ1n) is 13.6. The van der Waals surface area contributed by atoms with Crippen molar-refractivity contribution in [3.63, 3.8) is 0 Å². The van der Waals surface area contributed by atoms with Gasteiger partial charge in [-0.1, -0.05) is 53.9 Å². The molecule has 2 aliphatic heterocycles. The van der Waals surface area contributed by atoms with Crippen molar-refractivity contribution in [3.05, 3.63) is 94.5 Å². The van der Waals surface area contributed by atoms with Gasteiger partial charge in [0.2, 0.25) is 0 Å². The molecule has 0 radical (unpaired) electrons. The first kappa shape index (κ1) is 27.6. The van der Waals surface area contributed by atoms with E-state index in [0.29, 0.717) is 19.1 Å². The lowest BCUT2D eigenvalue weighted by Gasteiger charge is -2.24. The standard InChI is InChI=1S/C32H38N2O4S/c1-22-13-14-23(2)28(16-22)32(35)33-19-30(37-4)31(20-33)38-27-11-5-8-24(17-27)21-39-34-15-7-12-29(34)25-9-6-10-26(18-25)36-3/h5-6,8-11,13-14,16-18,29-31H,7,12,15,19-21H2,1-4H3. The Labute approximate surface area is 236 Å². The molecule has 3 aromatic rings. The Hall–Kier alpha value is -3.00. The zero-order valence-corrected chi connectivity index (χ0v) is 24.1. The second kappa shape index (κ2) is 12.5. The van der Waals surface area contributed by atoms with Crippen molar-refractivity contribution in [3.8, 4) is 11.5 Å². The molecular formula is C32H38N2O4S. The second-order valence-electron chi connectivity index (χ2n) is 10.5. The summed E-state index contributed by atoms with van der Waals surface area (Å²) in [6.07, 6.45) is 1.95. The second-order valence-corrected chi connectivity index (χ2v) is 11.5. The van der Waals surface area contributed by atoms with Crippen LogP contribution in [-0.4, -0.2) is 61.2 Å². The van der Waals surface area contributed by atoms with Gasteiger partial charge < -0.3 is 19.1 Å². The van der Waals surface area contributed by atoms with E-state index < -0.39 is 0 Å². The molecule has 3 atom stereocenters. The van der Waals surface area contributed by atoms with Gasteiger partial charge in [-0.05, 0) is 73.7 Å². The van der Waals surface area contributed by atoms with Crippen molar-refractivity contribution in [1.29, 1.82) is 0 Å². The molecule has 7 heteroatoms. The number of rotatable bonds is 9. The van der Waals surface area contributed by atoms with Crippen molar-refractivity contribution in [2.75, 3.05) is 33.9 Å². The monoisotopic (exact) mass is 546 g/mol. The van der Waals surface area contributed by atoms with E-state index in [0.717, 1.165) is 46.9 Å². The number of methoxy groups -OCH3 is 2. The Balaban J connectivity index is 1.21. The Morgan fingerprint density at radius 3 is 2.56 bits per heavy atom. The molecule has 0 aromatic heterocycles. The number of likely N-dealkylation sites (tertiary alicyclic amines) is 1. The Bertz CT molecular complexity index is 1300. The maximum absolute atomic E-state index is 13.3. The lowest BCUT2D eigenvalue weighted by Crippen LogP contribution is -2.32. The molecule has 2 saturated heterocycles. The van der Waals surface area contributed by atoms with Gasteiger partial charge in [-0.3, -0.25) is 4.79 Å². The van der Waals surface area contributed by atoms with Gasteiger partial charge in [0.1, 0.15) is 23.7 Å². The molecule has 5 rings (SSSR count). The molecule has 2 heterocycles. The smallest absolute Gasteiger partial charge is 0.254 e. The Morgan fingerprint density at radius 2 is 1.74 bits per heavy atom. The van der Waals surface area contributed by atoms with Crippen molar-refractivity contribution in [2.24, 2.45) is 0 Å². The predicted octanol–water partition coefficient (Wildman–Crippen LogP) is 6.22. The molecule has 6 nitrogen and oxygen atoms in total. The fourth-order valence-electron chi connectivity index (χ4n) is 5.50. The number of benzene rings is 3. The van der Waals surface area contributed by atoms with Crippen LogP contribution in [0.1, 0.15) is 51.5 Å². The minimum atomic E-state index is -0.219. The third-order valence-electron chi connectivity index (χ3n) is 7.69. The van der Waals surface area contributed by atoms with Gasteiger partial charge in [-0.15, -0.1) is 0 Å². The fraction of sp³-hybridized carbons (Fsp3) is 0.406. The number of ether oxygens (including phenoxy) is 3. The lowest BCUT2D eigenvalue weighted by atomic mass is 10.0. The van der Waals surface area contributed by atoms with Crippen molar-refractivity contribution < 1.29 is 19.0 Å². The summed E-state index contributed by atoms with van der Waals surface area (Å²) in [5, 5.41) is 0. The quantitative estimate of drug-likeness (QED) is 0.297. The summed E-state index contributed by atoms with van der Waals surface area (Å²) in [5.74, 6) is 2.62. The SMILES string of the molecule is COc1cccc(C2CCCN2SCc2cccc(OC3CN(C(=O)c4cc(C)ccc4C)CC3OC)c2)c1. The van der Waals surface area contributed by atoms with Gasteiger partial charge in [0.05, 0.1) is 20.2 Å². The predicted molar refractivity (Wildman–Crippen MR) is 156 cm³/mol. The molecule has 0 bridgehead atoms. The molecule has 3 aromatic carbocycles. The molecule has 206 valence electrons. The lowest BCUT2D eigenvalue weighted by molar-refractivity contribution is 0.0339. The highest BCUT2D eigenvalue weighted by Gasteiger charge is 2.38. The largest absolute Gasteiger partial charge is 0.497 e. The number of carbonyl (C=O) groups is 1. The van der Waals surface area contributed by atoms with Crippen LogP contribution in [-0.2, 0) is 10.5 Å². The number of hydrogen-bond donors (Lipinski definition) is 0. The topological polar surface area (TPSA) is 51.2 Å². The molecule has 3 unspecified atom stereocenters. The highest BCUT2D eigenvalue weighted by Crippen LogP contribution is 2.39. The van der Waals surface area contributed by atoms with Gasteiger partial charge >= 0.3 is 0 Å². The van der Waals surface area contributed by atoms with E-state index in [1.165, 1.54) is 17.5 Å². The molecule has 0 saturated carbocycles. The minimum absolute atomic E-state index is 0.0331. The molecule has 39 heavy (non-hydrogen) atoms. The van der Waals surface area contributed by atoms with Crippen LogP contribution in [0.3, 0.4) is 0 Å². The van der Waals surface area contributed by atoms with Crippen molar-refractivity contribution in [2.45, 2.75) is 50.7 Å². The molecule has 2 fully saturated rings. The van der Waals surface area contributed by atoms with E-state index in [1.807, 2.05) is 67.1 Å². The van der Waals surface area contributed by atoms with E-state index >= 15 is 0 Å². The van der Waals surface area contributed by atoms with Gasteiger partial charge in [-0.2, -0.15) is 0 Å². The number of hydrogen-bond acceptors (Lipinski definition) is 6. The molecular weight excluding hydrogens is 508 g/mol.